The van der Waals surface area contributed by atoms with Gasteiger partial charge in [-0.2, -0.15) is 0 Å². The van der Waals surface area contributed by atoms with E-state index in [1.807, 2.05) is 18.2 Å². The average Bonchev–Trinajstić information content (AvgIpc) is 2.93. The number of nitrogen functional groups attached to an aromatic ring is 1. The maximum absolute atomic E-state index is 11.5. The Bertz CT molecular complexity index is 550. The summed E-state index contributed by atoms with van der Waals surface area (Å²) in [4.78, 5) is 11.5. The molecule has 0 aliphatic rings. The number of methoxy groups -OCH3 is 1. The van der Waals surface area contributed by atoms with Gasteiger partial charge in [-0.25, -0.2) is 4.79 Å². The summed E-state index contributed by atoms with van der Waals surface area (Å²) in [7, 11) is 1.33. The molecule has 0 aliphatic heterocycles. The lowest BCUT2D eigenvalue weighted by molar-refractivity contribution is 0.0602. The van der Waals surface area contributed by atoms with Gasteiger partial charge in [0, 0.05) is 24.3 Å². The second-order valence-electron chi connectivity index (χ2n) is 4.05. The molecule has 0 atom stereocenters. The first-order valence-electron chi connectivity index (χ1n) is 5.95. The Morgan fingerprint density at radius 3 is 2.95 bits per heavy atom. The summed E-state index contributed by atoms with van der Waals surface area (Å²) in [5.74, 6) is 0.475. The molecule has 0 bridgehead atoms. The van der Waals surface area contributed by atoms with E-state index in [2.05, 4.69) is 10.1 Å². The van der Waals surface area contributed by atoms with Gasteiger partial charge >= 0.3 is 5.97 Å². The number of hydrogen-bond donors (Lipinski definition) is 2. The molecule has 0 spiro atoms. The Morgan fingerprint density at radius 2 is 2.26 bits per heavy atom. The number of rotatable bonds is 5. The van der Waals surface area contributed by atoms with Crippen molar-refractivity contribution in [1.82, 2.24) is 0 Å². The lowest BCUT2D eigenvalue weighted by atomic mass is 10.1. The Balaban J connectivity index is 1.99. The number of anilines is 2. The highest BCUT2D eigenvalue weighted by molar-refractivity contribution is 5.96. The molecule has 0 amide bonds. The molecule has 0 saturated carbocycles. The Kier molecular flexibility index (Phi) is 4.07. The highest BCUT2D eigenvalue weighted by Gasteiger charge is 2.10. The number of benzene rings is 1. The van der Waals surface area contributed by atoms with E-state index in [4.69, 9.17) is 10.2 Å². The molecule has 2 rings (SSSR count). The van der Waals surface area contributed by atoms with Crippen LogP contribution in [0.5, 0.6) is 0 Å². The summed E-state index contributed by atoms with van der Waals surface area (Å²) in [5.41, 5.74) is 7.32. The molecule has 2 aromatic rings. The standard InChI is InChI=1S/C14H16N2O3/c1-18-14(17)12-9-10(4-5-13(12)15)16-7-6-11-3-2-8-19-11/h2-5,8-9,16H,6-7,15H2,1H3. The van der Waals surface area contributed by atoms with Crippen molar-refractivity contribution in [3.8, 4) is 0 Å². The SMILES string of the molecule is COC(=O)c1cc(NCCc2ccco2)ccc1N. The van der Waals surface area contributed by atoms with E-state index in [-0.39, 0.29) is 0 Å². The van der Waals surface area contributed by atoms with E-state index in [0.29, 0.717) is 17.8 Å². The van der Waals surface area contributed by atoms with Crippen LogP contribution in [-0.2, 0) is 11.2 Å². The van der Waals surface area contributed by atoms with Crippen LogP contribution in [0, 0.1) is 0 Å². The van der Waals surface area contributed by atoms with Gasteiger partial charge in [-0.3, -0.25) is 0 Å². The van der Waals surface area contributed by atoms with Crippen LogP contribution in [0.15, 0.2) is 41.0 Å². The maximum Gasteiger partial charge on any atom is 0.340 e. The highest BCUT2D eigenvalue weighted by Crippen LogP contribution is 2.18. The molecule has 3 N–H and O–H groups in total. The minimum atomic E-state index is -0.438. The summed E-state index contributed by atoms with van der Waals surface area (Å²) in [6.07, 6.45) is 2.42. The zero-order chi connectivity index (χ0) is 13.7. The lowest BCUT2D eigenvalue weighted by Gasteiger charge is -2.09. The average molecular weight is 260 g/mol. The van der Waals surface area contributed by atoms with Gasteiger partial charge in [0.25, 0.3) is 0 Å². The fraction of sp³-hybridized carbons (Fsp3) is 0.214. The van der Waals surface area contributed by atoms with Gasteiger partial charge < -0.3 is 20.2 Å². The third kappa shape index (κ3) is 3.28. The molecule has 5 nitrogen and oxygen atoms in total. The van der Waals surface area contributed by atoms with Crippen LogP contribution in [0.4, 0.5) is 11.4 Å². The van der Waals surface area contributed by atoms with E-state index in [9.17, 15) is 4.79 Å². The predicted molar refractivity (Wildman–Crippen MR) is 73.1 cm³/mol. The van der Waals surface area contributed by atoms with E-state index >= 15 is 0 Å². The third-order valence-electron chi connectivity index (χ3n) is 2.74. The van der Waals surface area contributed by atoms with Crippen LogP contribution in [0.2, 0.25) is 0 Å². The first-order chi connectivity index (χ1) is 9.20. The maximum atomic E-state index is 11.5. The van der Waals surface area contributed by atoms with Gasteiger partial charge in [-0.1, -0.05) is 0 Å². The van der Waals surface area contributed by atoms with E-state index < -0.39 is 5.97 Å². The predicted octanol–water partition coefficient (Wildman–Crippen LogP) is 2.30. The Hall–Kier alpha value is -2.43. The van der Waals surface area contributed by atoms with E-state index in [0.717, 1.165) is 17.9 Å². The van der Waals surface area contributed by atoms with Crippen molar-refractivity contribution in [1.29, 1.82) is 0 Å². The quantitative estimate of drug-likeness (QED) is 0.637. The second kappa shape index (κ2) is 5.95. The molecular formula is C14H16N2O3. The summed E-state index contributed by atoms with van der Waals surface area (Å²) in [6.45, 7) is 0.706. The third-order valence-corrected chi connectivity index (χ3v) is 2.74. The topological polar surface area (TPSA) is 77.5 Å². The number of hydrogen-bond acceptors (Lipinski definition) is 5. The smallest absolute Gasteiger partial charge is 0.340 e. The molecule has 0 aliphatic carbocycles. The molecule has 5 heteroatoms. The lowest BCUT2D eigenvalue weighted by Crippen LogP contribution is -2.08. The fourth-order valence-corrected chi connectivity index (χ4v) is 1.74. The van der Waals surface area contributed by atoms with Crippen molar-refractivity contribution in [3.05, 3.63) is 47.9 Å². The van der Waals surface area contributed by atoms with Crippen molar-refractivity contribution in [2.75, 3.05) is 24.7 Å². The Morgan fingerprint density at radius 1 is 1.42 bits per heavy atom. The van der Waals surface area contributed by atoms with Crippen molar-refractivity contribution in [2.45, 2.75) is 6.42 Å². The molecule has 0 saturated heterocycles. The number of nitrogens with one attached hydrogen (secondary N) is 1. The molecule has 100 valence electrons. The minimum Gasteiger partial charge on any atom is -0.469 e. The number of furan rings is 1. The van der Waals surface area contributed by atoms with Crippen LogP contribution < -0.4 is 11.1 Å². The monoisotopic (exact) mass is 260 g/mol. The summed E-state index contributed by atoms with van der Waals surface area (Å²) < 4.78 is 9.91. The van der Waals surface area contributed by atoms with Crippen LogP contribution in [0.1, 0.15) is 16.1 Å². The molecule has 1 aromatic carbocycles. The van der Waals surface area contributed by atoms with Crippen LogP contribution in [-0.4, -0.2) is 19.6 Å². The van der Waals surface area contributed by atoms with Gasteiger partial charge in [0.05, 0.1) is 18.9 Å². The van der Waals surface area contributed by atoms with Gasteiger partial charge in [0.2, 0.25) is 0 Å². The second-order valence-corrected chi connectivity index (χ2v) is 4.05. The van der Waals surface area contributed by atoms with Crippen molar-refractivity contribution in [2.24, 2.45) is 0 Å². The largest absolute Gasteiger partial charge is 0.469 e. The first kappa shape index (κ1) is 13.0. The van der Waals surface area contributed by atoms with Gasteiger partial charge in [-0.05, 0) is 30.3 Å². The molecule has 1 heterocycles. The number of carbonyl (C=O) groups excluding carboxylic acids is 1. The number of ether oxygens (including phenoxy) is 1. The molecular weight excluding hydrogens is 244 g/mol. The van der Waals surface area contributed by atoms with Crippen molar-refractivity contribution < 1.29 is 13.9 Å². The summed E-state index contributed by atoms with van der Waals surface area (Å²) >= 11 is 0. The Labute approximate surface area is 111 Å². The first-order valence-corrected chi connectivity index (χ1v) is 5.95. The summed E-state index contributed by atoms with van der Waals surface area (Å²) in [6, 6.07) is 8.97. The van der Waals surface area contributed by atoms with Crippen LogP contribution in [0.3, 0.4) is 0 Å². The minimum absolute atomic E-state index is 0.366. The zero-order valence-corrected chi connectivity index (χ0v) is 10.7. The van der Waals surface area contributed by atoms with E-state index in [1.165, 1.54) is 7.11 Å². The van der Waals surface area contributed by atoms with Crippen molar-refractivity contribution in [3.63, 3.8) is 0 Å². The van der Waals surface area contributed by atoms with Crippen LogP contribution >= 0.6 is 0 Å². The molecule has 0 unspecified atom stereocenters. The van der Waals surface area contributed by atoms with Crippen molar-refractivity contribution >= 4 is 17.3 Å². The van der Waals surface area contributed by atoms with Crippen LogP contribution in [0.25, 0.3) is 0 Å². The molecule has 0 fully saturated rings. The van der Waals surface area contributed by atoms with E-state index in [1.54, 1.807) is 18.4 Å². The highest BCUT2D eigenvalue weighted by atomic mass is 16.5. The fourth-order valence-electron chi connectivity index (χ4n) is 1.74. The van der Waals surface area contributed by atoms with Gasteiger partial charge in [0.15, 0.2) is 0 Å². The molecule has 0 radical (unpaired) electrons. The number of esters is 1. The normalized spacial score (nSPS) is 10.2. The molecule has 1 aromatic heterocycles. The zero-order valence-electron chi connectivity index (χ0n) is 10.7. The summed E-state index contributed by atoms with van der Waals surface area (Å²) in [5, 5.41) is 3.21. The molecule has 19 heavy (non-hydrogen) atoms. The number of carbonyl (C=O) groups is 1. The van der Waals surface area contributed by atoms with Gasteiger partial charge in [0.1, 0.15) is 5.76 Å². The van der Waals surface area contributed by atoms with Gasteiger partial charge in [-0.15, -0.1) is 0 Å². The number of nitrogens with two attached hydrogens (primary N) is 1.